The molecule has 0 radical (unpaired) electrons. The first kappa shape index (κ1) is 36.9. The Morgan fingerprint density at radius 2 is 1.65 bits per heavy atom. The molecule has 1 amide bonds. The maximum atomic E-state index is 14.1. The summed E-state index contributed by atoms with van der Waals surface area (Å²) in [6.07, 6.45) is 0.912. The van der Waals surface area contributed by atoms with Gasteiger partial charge in [0, 0.05) is 30.5 Å². The molecule has 1 saturated carbocycles. The summed E-state index contributed by atoms with van der Waals surface area (Å²) in [5.41, 5.74) is 3.11. The van der Waals surface area contributed by atoms with Gasteiger partial charge in [0.05, 0.1) is 30.7 Å². The van der Waals surface area contributed by atoms with Crippen molar-refractivity contribution in [2.45, 2.75) is 95.1 Å². The molecule has 1 aromatic heterocycles. The summed E-state index contributed by atoms with van der Waals surface area (Å²) < 4.78 is 44.9. The van der Waals surface area contributed by atoms with Crippen LogP contribution in [-0.4, -0.2) is 71.0 Å². The van der Waals surface area contributed by atoms with E-state index in [1.54, 1.807) is 36.4 Å². The molecule has 0 bridgehead atoms. The number of morpholine rings is 1. The molecule has 2 heterocycles. The van der Waals surface area contributed by atoms with Crippen LogP contribution < -0.4 is 15.0 Å². The summed E-state index contributed by atoms with van der Waals surface area (Å²) >= 11 is 0. The van der Waals surface area contributed by atoms with Crippen LogP contribution in [0.15, 0.2) is 60.7 Å². The highest BCUT2D eigenvalue weighted by atomic mass is 32.2. The van der Waals surface area contributed by atoms with Crippen molar-refractivity contribution in [2.75, 3.05) is 42.3 Å². The van der Waals surface area contributed by atoms with Gasteiger partial charge < -0.3 is 18.8 Å². The standard InChI is InChI=1S/C37H52N4O6SSi/c1-26(2)49(27(3)4,28(5)6)46-21-11-23-48(43,44)37(18-19-37)33-24-34(41-20-22-45-25-29(41)7)40-35(39-33)30-14-16-31(17-15-30)38-36(42)47-32-12-9-8-10-13-32/h8-10,12-17,24,26-29H,11,18-23,25H2,1-7H3,(H,38,42)/t29-/m0/s1. The Hall–Kier alpha value is -3.32. The molecule has 2 fully saturated rings. The number of hydrogen-bond acceptors (Lipinski definition) is 9. The fraction of sp³-hybridized carbons (Fsp3) is 0.541. The number of nitrogens with zero attached hydrogens (tertiary/aromatic N) is 3. The Morgan fingerprint density at radius 3 is 2.24 bits per heavy atom. The normalized spacial score (nSPS) is 17.8. The van der Waals surface area contributed by atoms with Crippen molar-refractivity contribution >= 4 is 35.8 Å². The van der Waals surface area contributed by atoms with Crippen LogP contribution in [0.4, 0.5) is 16.3 Å². The molecule has 1 atom stereocenters. The minimum Gasteiger partial charge on any atom is -0.416 e. The molecule has 3 aromatic rings. The van der Waals surface area contributed by atoms with Gasteiger partial charge in [-0.15, -0.1) is 0 Å². The summed E-state index contributed by atoms with van der Waals surface area (Å²) in [5.74, 6) is 1.63. The zero-order valence-corrected chi connectivity index (χ0v) is 31.8. The van der Waals surface area contributed by atoms with Crippen LogP contribution in [0.5, 0.6) is 5.75 Å². The SMILES string of the molecule is CC(C)[Si](OCCCS(=O)(=O)C1(c2cc(N3CCOC[C@@H]3C)nc(-c3ccc(NC(=O)Oc4ccccc4)cc3)n2)CC1)(C(C)C)C(C)C. The van der Waals surface area contributed by atoms with Gasteiger partial charge in [-0.25, -0.2) is 23.2 Å². The molecule has 266 valence electrons. The molecule has 2 aliphatic rings. The van der Waals surface area contributed by atoms with E-state index in [9.17, 15) is 13.2 Å². The van der Waals surface area contributed by atoms with Crippen LogP contribution in [0.25, 0.3) is 11.4 Å². The Morgan fingerprint density at radius 1 is 1.00 bits per heavy atom. The van der Waals surface area contributed by atoms with E-state index in [2.05, 4.69) is 58.7 Å². The molecule has 5 rings (SSSR count). The number of carbonyl (C=O) groups is 1. The second-order valence-electron chi connectivity index (χ2n) is 14.3. The molecule has 1 saturated heterocycles. The van der Waals surface area contributed by atoms with Gasteiger partial charge in [-0.1, -0.05) is 59.7 Å². The van der Waals surface area contributed by atoms with Gasteiger partial charge >= 0.3 is 6.09 Å². The monoisotopic (exact) mass is 708 g/mol. The molecule has 12 heteroatoms. The lowest BCUT2D eigenvalue weighted by atomic mass is 10.1. The first-order valence-corrected chi connectivity index (χ1v) is 21.3. The van der Waals surface area contributed by atoms with Crippen LogP contribution in [0.1, 0.15) is 73.4 Å². The molecular weight excluding hydrogens is 657 g/mol. The summed E-state index contributed by atoms with van der Waals surface area (Å²) in [4.78, 5) is 24.5. The fourth-order valence-corrected chi connectivity index (χ4v) is 15.0. The average molecular weight is 709 g/mol. The lowest BCUT2D eigenvalue weighted by Crippen LogP contribution is -2.48. The number of carbonyl (C=O) groups excluding carboxylic acids is 1. The van der Waals surface area contributed by atoms with Crippen LogP contribution in [-0.2, 0) is 23.7 Å². The zero-order chi connectivity index (χ0) is 35.4. The summed E-state index contributed by atoms with van der Waals surface area (Å²) in [6.45, 7) is 17.7. The predicted molar refractivity (Wildman–Crippen MR) is 197 cm³/mol. The van der Waals surface area contributed by atoms with E-state index in [1.165, 1.54) is 0 Å². The van der Waals surface area contributed by atoms with Crippen molar-refractivity contribution in [2.24, 2.45) is 0 Å². The number of amides is 1. The molecule has 0 spiro atoms. The number of rotatable bonds is 14. The third-order valence-corrected chi connectivity index (χ3v) is 18.9. The van der Waals surface area contributed by atoms with E-state index in [0.717, 1.165) is 0 Å². The Labute approximate surface area is 293 Å². The van der Waals surface area contributed by atoms with Crippen molar-refractivity contribution in [1.29, 1.82) is 0 Å². The number of para-hydroxylation sites is 1. The van der Waals surface area contributed by atoms with Gasteiger partial charge in [-0.3, -0.25) is 5.32 Å². The van der Waals surface area contributed by atoms with Crippen LogP contribution in [0, 0.1) is 0 Å². The van der Waals surface area contributed by atoms with E-state index in [-0.39, 0.29) is 11.8 Å². The van der Waals surface area contributed by atoms with E-state index >= 15 is 0 Å². The largest absolute Gasteiger partial charge is 0.417 e. The Balaban J connectivity index is 1.37. The van der Waals surface area contributed by atoms with E-state index < -0.39 is 29.0 Å². The molecule has 2 aromatic carbocycles. The number of aromatic nitrogens is 2. The van der Waals surface area contributed by atoms with Gasteiger partial charge in [-0.2, -0.15) is 0 Å². The van der Waals surface area contributed by atoms with Crippen molar-refractivity contribution in [1.82, 2.24) is 9.97 Å². The highest BCUT2D eigenvalue weighted by Gasteiger charge is 2.57. The zero-order valence-electron chi connectivity index (χ0n) is 29.9. The summed E-state index contributed by atoms with van der Waals surface area (Å²) in [6, 6.07) is 18.0. The average Bonchev–Trinajstić information content (AvgIpc) is 3.88. The first-order valence-electron chi connectivity index (χ1n) is 17.5. The van der Waals surface area contributed by atoms with Gasteiger partial charge in [0.15, 0.2) is 24.0 Å². The van der Waals surface area contributed by atoms with Crippen molar-refractivity contribution in [3.63, 3.8) is 0 Å². The minimum atomic E-state index is -3.55. The number of ether oxygens (including phenoxy) is 2. The van der Waals surface area contributed by atoms with E-state index in [4.69, 9.17) is 23.9 Å². The van der Waals surface area contributed by atoms with Crippen LogP contribution >= 0.6 is 0 Å². The number of hydrogen-bond donors (Lipinski definition) is 1. The van der Waals surface area contributed by atoms with Gasteiger partial charge in [0.2, 0.25) is 0 Å². The maximum Gasteiger partial charge on any atom is 0.417 e. The molecule has 1 aliphatic heterocycles. The smallest absolute Gasteiger partial charge is 0.416 e. The fourth-order valence-electron chi connectivity index (χ4n) is 7.49. The van der Waals surface area contributed by atoms with Gasteiger partial charge in [0.25, 0.3) is 0 Å². The highest BCUT2D eigenvalue weighted by molar-refractivity contribution is 7.92. The topological polar surface area (TPSA) is 120 Å². The van der Waals surface area contributed by atoms with E-state index in [1.807, 2.05) is 24.3 Å². The van der Waals surface area contributed by atoms with Crippen molar-refractivity contribution in [3.8, 4) is 17.1 Å². The quantitative estimate of drug-likeness (QED) is 0.131. The third-order valence-electron chi connectivity index (χ3n) is 10.1. The lowest BCUT2D eigenvalue weighted by molar-refractivity contribution is 0.0985. The van der Waals surface area contributed by atoms with Gasteiger partial charge in [0.1, 0.15) is 16.3 Å². The molecular formula is C37H52N4O6SSi. The number of anilines is 2. The van der Waals surface area contributed by atoms with Crippen molar-refractivity contribution < 1.29 is 27.1 Å². The Kier molecular flexibility index (Phi) is 11.5. The number of sulfone groups is 1. The molecule has 0 unspecified atom stereocenters. The Bertz CT molecular complexity index is 1660. The highest BCUT2D eigenvalue weighted by Crippen LogP contribution is 2.53. The summed E-state index contributed by atoms with van der Waals surface area (Å²) in [5, 5.41) is 2.74. The van der Waals surface area contributed by atoms with E-state index in [0.29, 0.717) is 96.6 Å². The molecule has 1 N–H and O–H groups in total. The third kappa shape index (κ3) is 8.03. The second kappa shape index (κ2) is 15.3. The van der Waals surface area contributed by atoms with Gasteiger partial charge in [-0.05, 0) is 79.2 Å². The summed E-state index contributed by atoms with van der Waals surface area (Å²) in [7, 11) is -5.63. The number of nitrogens with one attached hydrogen (secondary N) is 1. The van der Waals surface area contributed by atoms with Crippen LogP contribution in [0.3, 0.4) is 0 Å². The molecule has 49 heavy (non-hydrogen) atoms. The lowest BCUT2D eigenvalue weighted by Gasteiger charge is -2.42. The molecule has 10 nitrogen and oxygen atoms in total. The molecule has 1 aliphatic carbocycles. The minimum absolute atomic E-state index is 0.0494. The predicted octanol–water partition coefficient (Wildman–Crippen LogP) is 7.97. The van der Waals surface area contributed by atoms with Crippen LogP contribution in [0.2, 0.25) is 16.6 Å². The maximum absolute atomic E-state index is 14.1. The number of benzene rings is 2. The second-order valence-corrected chi connectivity index (χ2v) is 22.2. The first-order chi connectivity index (χ1) is 23.3. The van der Waals surface area contributed by atoms with Crippen molar-refractivity contribution in [3.05, 3.63) is 66.4 Å².